The minimum atomic E-state index is -4.31. The number of hydrogen-bond donors (Lipinski definition) is 1. The molecular formula is C17H14F3N3O. The van der Waals surface area contributed by atoms with Gasteiger partial charge in [0.05, 0.1) is 24.3 Å². The summed E-state index contributed by atoms with van der Waals surface area (Å²) in [5, 5.41) is 2.26. The van der Waals surface area contributed by atoms with Crippen LogP contribution < -0.4 is 10.1 Å². The molecule has 0 unspecified atom stereocenters. The monoisotopic (exact) mass is 333 g/mol. The zero-order valence-electron chi connectivity index (χ0n) is 12.8. The zero-order valence-corrected chi connectivity index (χ0v) is 12.8. The van der Waals surface area contributed by atoms with Gasteiger partial charge in [-0.3, -0.25) is 4.98 Å². The van der Waals surface area contributed by atoms with Gasteiger partial charge >= 0.3 is 6.18 Å². The Hall–Kier alpha value is -2.83. The normalized spacial score (nSPS) is 11.5. The summed E-state index contributed by atoms with van der Waals surface area (Å²) in [5.41, 5.74) is 2.82. The van der Waals surface area contributed by atoms with Crippen molar-refractivity contribution in [1.82, 2.24) is 9.97 Å². The molecule has 0 aliphatic carbocycles. The number of benzene rings is 2. The molecule has 0 fully saturated rings. The van der Waals surface area contributed by atoms with Crippen LogP contribution in [0.15, 0.2) is 48.7 Å². The van der Waals surface area contributed by atoms with Crippen molar-refractivity contribution in [3.05, 3.63) is 48.7 Å². The molecule has 0 aliphatic rings. The molecule has 4 nitrogen and oxygen atoms in total. The van der Waals surface area contributed by atoms with E-state index in [9.17, 15) is 13.2 Å². The Morgan fingerprint density at radius 1 is 1.08 bits per heavy atom. The van der Waals surface area contributed by atoms with E-state index in [1.54, 1.807) is 13.2 Å². The second kappa shape index (κ2) is 6.35. The third kappa shape index (κ3) is 3.56. The number of nitrogens with one attached hydrogen (secondary N) is 1. The second-order valence-electron chi connectivity index (χ2n) is 5.13. The van der Waals surface area contributed by atoms with E-state index in [1.165, 1.54) is 6.20 Å². The molecule has 0 aliphatic heterocycles. The number of halogens is 3. The first-order valence-electron chi connectivity index (χ1n) is 7.17. The molecule has 0 radical (unpaired) electrons. The average Bonchev–Trinajstić information content (AvgIpc) is 2.59. The van der Waals surface area contributed by atoms with Crippen LogP contribution in [0.2, 0.25) is 0 Å². The van der Waals surface area contributed by atoms with E-state index in [4.69, 9.17) is 4.74 Å². The average molecular weight is 333 g/mol. The van der Waals surface area contributed by atoms with E-state index >= 15 is 0 Å². The lowest BCUT2D eigenvalue weighted by Gasteiger charge is -2.11. The SMILES string of the molecule is COc1ccc(-c2cccc3ncc(NCC(F)(F)F)nc23)cc1. The summed E-state index contributed by atoms with van der Waals surface area (Å²) in [7, 11) is 1.58. The van der Waals surface area contributed by atoms with Gasteiger partial charge in [-0.05, 0) is 23.8 Å². The lowest BCUT2D eigenvalue weighted by molar-refractivity contribution is -0.115. The van der Waals surface area contributed by atoms with Crippen LogP contribution in [0.25, 0.3) is 22.2 Å². The van der Waals surface area contributed by atoms with Crippen molar-refractivity contribution in [2.45, 2.75) is 6.18 Å². The van der Waals surface area contributed by atoms with Gasteiger partial charge in [0.1, 0.15) is 18.1 Å². The molecule has 1 heterocycles. The van der Waals surface area contributed by atoms with Crippen molar-refractivity contribution in [1.29, 1.82) is 0 Å². The quantitative estimate of drug-likeness (QED) is 0.774. The third-order valence-corrected chi connectivity index (χ3v) is 3.44. The Morgan fingerprint density at radius 2 is 1.83 bits per heavy atom. The van der Waals surface area contributed by atoms with Crippen molar-refractivity contribution in [3.63, 3.8) is 0 Å². The molecule has 124 valence electrons. The fourth-order valence-electron chi connectivity index (χ4n) is 2.31. The summed E-state index contributed by atoms with van der Waals surface area (Å²) in [5.74, 6) is 0.804. The van der Waals surface area contributed by atoms with Gasteiger partial charge in [-0.2, -0.15) is 13.2 Å². The van der Waals surface area contributed by atoms with Gasteiger partial charge < -0.3 is 10.1 Å². The summed E-state index contributed by atoms with van der Waals surface area (Å²) < 4.78 is 42.2. The Morgan fingerprint density at radius 3 is 2.50 bits per heavy atom. The van der Waals surface area contributed by atoms with Crippen LogP contribution in [0.4, 0.5) is 19.0 Å². The van der Waals surface area contributed by atoms with Crippen molar-refractivity contribution < 1.29 is 17.9 Å². The van der Waals surface area contributed by atoms with Crippen molar-refractivity contribution >= 4 is 16.9 Å². The molecule has 0 saturated heterocycles. The van der Waals surface area contributed by atoms with Crippen LogP contribution in [0.1, 0.15) is 0 Å². The van der Waals surface area contributed by atoms with Crippen LogP contribution in [-0.4, -0.2) is 29.8 Å². The topological polar surface area (TPSA) is 47.0 Å². The minimum absolute atomic E-state index is 0.0841. The predicted octanol–water partition coefficient (Wildman–Crippen LogP) is 4.28. The number of para-hydroxylation sites is 1. The molecule has 1 aromatic heterocycles. The number of ether oxygens (including phenoxy) is 1. The summed E-state index contributed by atoms with van der Waals surface area (Å²) in [6.07, 6.45) is -3.02. The Kier molecular flexibility index (Phi) is 4.24. The number of hydrogen-bond acceptors (Lipinski definition) is 4. The van der Waals surface area contributed by atoms with E-state index in [0.717, 1.165) is 16.9 Å². The smallest absolute Gasteiger partial charge is 0.405 e. The van der Waals surface area contributed by atoms with Crippen molar-refractivity contribution in [2.75, 3.05) is 19.0 Å². The van der Waals surface area contributed by atoms with Crippen LogP contribution in [0, 0.1) is 0 Å². The lowest BCUT2D eigenvalue weighted by atomic mass is 10.0. The number of anilines is 1. The predicted molar refractivity (Wildman–Crippen MR) is 86.1 cm³/mol. The van der Waals surface area contributed by atoms with Gasteiger partial charge in [0, 0.05) is 5.56 Å². The minimum Gasteiger partial charge on any atom is -0.497 e. The fourth-order valence-corrected chi connectivity index (χ4v) is 2.31. The summed E-state index contributed by atoms with van der Waals surface area (Å²) in [6.45, 7) is -1.15. The maximum absolute atomic E-state index is 12.3. The third-order valence-electron chi connectivity index (χ3n) is 3.44. The van der Waals surface area contributed by atoms with Gasteiger partial charge in [0.15, 0.2) is 0 Å². The highest BCUT2D eigenvalue weighted by atomic mass is 19.4. The molecule has 0 bridgehead atoms. The van der Waals surface area contributed by atoms with Crippen molar-refractivity contribution in [3.8, 4) is 16.9 Å². The van der Waals surface area contributed by atoms with Crippen LogP contribution >= 0.6 is 0 Å². The maximum Gasteiger partial charge on any atom is 0.405 e. The molecule has 3 rings (SSSR count). The molecule has 24 heavy (non-hydrogen) atoms. The number of methoxy groups -OCH3 is 1. The molecule has 2 aromatic carbocycles. The maximum atomic E-state index is 12.3. The van der Waals surface area contributed by atoms with Crippen molar-refractivity contribution in [2.24, 2.45) is 0 Å². The highest BCUT2D eigenvalue weighted by Gasteiger charge is 2.26. The van der Waals surface area contributed by atoms with Gasteiger partial charge in [-0.1, -0.05) is 24.3 Å². The molecule has 0 atom stereocenters. The van der Waals surface area contributed by atoms with Crippen LogP contribution in [0.3, 0.4) is 0 Å². The fraction of sp³-hybridized carbons (Fsp3) is 0.176. The number of aromatic nitrogens is 2. The standard InChI is InChI=1S/C17H14F3N3O/c1-24-12-7-5-11(6-8-12)13-3-2-4-14-16(13)23-15(9-21-14)22-10-17(18,19)20/h2-9H,10H2,1H3,(H,22,23). The highest BCUT2D eigenvalue weighted by Crippen LogP contribution is 2.28. The number of nitrogens with zero attached hydrogens (tertiary/aromatic N) is 2. The van der Waals surface area contributed by atoms with E-state index < -0.39 is 12.7 Å². The molecular weight excluding hydrogens is 319 g/mol. The van der Waals surface area contributed by atoms with Crippen LogP contribution in [-0.2, 0) is 0 Å². The van der Waals surface area contributed by atoms with Gasteiger partial charge in [-0.25, -0.2) is 4.98 Å². The van der Waals surface area contributed by atoms with E-state index in [0.29, 0.717) is 11.0 Å². The number of alkyl halides is 3. The first kappa shape index (κ1) is 16.0. The molecule has 0 saturated carbocycles. The Labute approximate surface area is 136 Å². The van der Waals surface area contributed by atoms with E-state index in [-0.39, 0.29) is 5.82 Å². The Balaban J connectivity index is 2.00. The molecule has 3 aromatic rings. The second-order valence-corrected chi connectivity index (χ2v) is 5.13. The van der Waals surface area contributed by atoms with Gasteiger partial charge in [-0.15, -0.1) is 0 Å². The van der Waals surface area contributed by atoms with Gasteiger partial charge in [0.2, 0.25) is 0 Å². The summed E-state index contributed by atoms with van der Waals surface area (Å²) in [6, 6.07) is 12.8. The molecule has 0 amide bonds. The van der Waals surface area contributed by atoms with Crippen LogP contribution in [0.5, 0.6) is 5.75 Å². The first-order valence-corrected chi connectivity index (χ1v) is 7.17. The van der Waals surface area contributed by atoms with E-state index in [2.05, 4.69) is 15.3 Å². The molecule has 7 heteroatoms. The molecule has 1 N–H and O–H groups in total. The Bertz CT molecular complexity index is 848. The lowest BCUT2D eigenvalue weighted by Crippen LogP contribution is -2.21. The molecule has 0 spiro atoms. The first-order chi connectivity index (χ1) is 11.5. The van der Waals surface area contributed by atoms with E-state index in [1.807, 2.05) is 36.4 Å². The summed E-state index contributed by atoms with van der Waals surface area (Å²) in [4.78, 5) is 8.48. The summed E-state index contributed by atoms with van der Waals surface area (Å²) >= 11 is 0. The number of fused-ring (bicyclic) bond motifs is 1. The number of rotatable bonds is 4. The zero-order chi connectivity index (χ0) is 17.2. The highest BCUT2D eigenvalue weighted by molar-refractivity contribution is 5.92. The largest absolute Gasteiger partial charge is 0.497 e. The van der Waals surface area contributed by atoms with Gasteiger partial charge in [0.25, 0.3) is 0 Å².